The van der Waals surface area contributed by atoms with Crippen molar-refractivity contribution in [2.45, 2.75) is 65.7 Å². The molecule has 0 radical (unpaired) electrons. The van der Waals surface area contributed by atoms with Gasteiger partial charge >= 0.3 is 11.9 Å². The van der Waals surface area contributed by atoms with E-state index in [1.54, 1.807) is 58.5 Å². The third kappa shape index (κ3) is 6.81. The number of esters is 2. The molecule has 0 saturated carbocycles. The molecule has 0 aliphatic heterocycles. The Kier molecular flexibility index (Phi) is 7.00. The highest BCUT2D eigenvalue weighted by atomic mass is 35.5. The second-order valence-corrected chi connectivity index (χ2v) is 8.92. The number of carbonyl (C=O) groups is 2. The van der Waals surface area contributed by atoms with Crippen LogP contribution >= 0.6 is 11.6 Å². The summed E-state index contributed by atoms with van der Waals surface area (Å²) in [7, 11) is 0. The van der Waals surface area contributed by atoms with Crippen molar-refractivity contribution in [2.24, 2.45) is 5.92 Å². The molecule has 0 fully saturated rings. The van der Waals surface area contributed by atoms with E-state index in [4.69, 9.17) is 21.1 Å². The van der Waals surface area contributed by atoms with Crippen molar-refractivity contribution in [1.29, 1.82) is 0 Å². The smallest absolute Gasteiger partial charge is 0.321 e. The van der Waals surface area contributed by atoms with Gasteiger partial charge in [-0.3, -0.25) is 9.59 Å². The van der Waals surface area contributed by atoms with Gasteiger partial charge in [0.2, 0.25) is 0 Å². The lowest BCUT2D eigenvalue weighted by Gasteiger charge is -2.25. The van der Waals surface area contributed by atoms with E-state index in [0.717, 1.165) is 0 Å². The fourth-order valence-electron chi connectivity index (χ4n) is 2.44. The van der Waals surface area contributed by atoms with Crippen LogP contribution in [-0.2, 0) is 25.6 Å². The second kappa shape index (κ2) is 8.90. The molecule has 0 aliphatic carbocycles. The largest absolute Gasteiger partial charge is 0.459 e. The Morgan fingerprint density at radius 2 is 1.62 bits per heavy atom. The number of nitrogens with zero attached hydrogens (tertiary/aromatic N) is 4. The van der Waals surface area contributed by atoms with Gasteiger partial charge in [-0.25, -0.2) is 15.0 Å². The molecule has 2 rings (SSSR count). The van der Waals surface area contributed by atoms with Crippen LogP contribution in [0.4, 0.5) is 0 Å². The van der Waals surface area contributed by atoms with Crippen LogP contribution in [0.25, 0.3) is 11.2 Å². The zero-order valence-electron chi connectivity index (χ0n) is 17.6. The fraction of sp³-hybridized carbons (Fsp3) is 0.550. The van der Waals surface area contributed by atoms with Gasteiger partial charge in [0, 0.05) is 6.54 Å². The number of imidazole rings is 1. The van der Waals surface area contributed by atoms with Gasteiger partial charge in [0.05, 0.1) is 6.33 Å². The molecule has 29 heavy (non-hydrogen) atoms. The average Bonchev–Trinajstić information content (AvgIpc) is 2.95. The van der Waals surface area contributed by atoms with Crippen LogP contribution in [0.5, 0.6) is 0 Å². The minimum absolute atomic E-state index is 0.159. The second-order valence-electron chi connectivity index (χ2n) is 8.56. The van der Waals surface area contributed by atoms with Crippen molar-refractivity contribution in [3.8, 4) is 0 Å². The highest BCUT2D eigenvalue weighted by Gasteiger charge is 2.33. The summed E-state index contributed by atoms with van der Waals surface area (Å²) in [6, 6.07) is 0. The van der Waals surface area contributed by atoms with Crippen molar-refractivity contribution in [3.05, 3.63) is 30.0 Å². The molecule has 0 aliphatic rings. The number of ether oxygens (including phenoxy) is 2. The third-order valence-electron chi connectivity index (χ3n) is 3.58. The van der Waals surface area contributed by atoms with Crippen molar-refractivity contribution >= 4 is 34.7 Å². The summed E-state index contributed by atoms with van der Waals surface area (Å²) in [5, 5.41) is 0.285. The van der Waals surface area contributed by atoms with Gasteiger partial charge in [-0.15, -0.1) is 0 Å². The maximum atomic E-state index is 12.5. The van der Waals surface area contributed by atoms with E-state index in [1.165, 1.54) is 6.33 Å². The Morgan fingerprint density at radius 3 is 2.17 bits per heavy atom. The van der Waals surface area contributed by atoms with Gasteiger partial charge in [-0.05, 0) is 48.0 Å². The molecule has 8 nitrogen and oxygen atoms in total. The predicted molar refractivity (Wildman–Crippen MR) is 109 cm³/mol. The van der Waals surface area contributed by atoms with Crippen LogP contribution in [0.3, 0.4) is 0 Å². The number of hydrogen-bond acceptors (Lipinski definition) is 7. The molecule has 0 aromatic carbocycles. The molecule has 0 N–H and O–H groups in total. The summed E-state index contributed by atoms with van der Waals surface area (Å²) in [6.45, 7) is 11.0. The first kappa shape index (κ1) is 22.8. The van der Waals surface area contributed by atoms with E-state index < -0.39 is 29.1 Å². The van der Waals surface area contributed by atoms with Crippen LogP contribution < -0.4 is 0 Å². The third-order valence-corrected chi connectivity index (χ3v) is 3.86. The zero-order chi connectivity index (χ0) is 21.8. The summed E-state index contributed by atoms with van der Waals surface area (Å²) in [5.41, 5.74) is -0.278. The minimum atomic E-state index is -1.04. The van der Waals surface area contributed by atoms with Gasteiger partial charge in [0.1, 0.15) is 23.0 Å². The van der Waals surface area contributed by atoms with Crippen LogP contribution in [0.15, 0.2) is 24.8 Å². The molecule has 9 heteroatoms. The maximum Gasteiger partial charge on any atom is 0.321 e. The van der Waals surface area contributed by atoms with Crippen LogP contribution in [0, 0.1) is 5.92 Å². The van der Waals surface area contributed by atoms with Crippen molar-refractivity contribution < 1.29 is 19.1 Å². The lowest BCUT2D eigenvalue weighted by molar-refractivity contribution is -0.174. The first-order valence-corrected chi connectivity index (χ1v) is 9.67. The van der Waals surface area contributed by atoms with Crippen molar-refractivity contribution in [3.63, 3.8) is 0 Å². The topological polar surface area (TPSA) is 96.2 Å². The Balaban J connectivity index is 2.10. The highest BCUT2D eigenvalue weighted by Crippen LogP contribution is 2.20. The summed E-state index contributed by atoms with van der Waals surface area (Å²) in [5.74, 6) is -2.26. The van der Waals surface area contributed by atoms with Gasteiger partial charge in [-0.1, -0.05) is 23.8 Å². The van der Waals surface area contributed by atoms with E-state index in [0.29, 0.717) is 17.7 Å². The van der Waals surface area contributed by atoms with E-state index in [2.05, 4.69) is 15.0 Å². The Morgan fingerprint density at radius 1 is 1.03 bits per heavy atom. The standard InChI is InChI=1S/C20H27ClN4O4/c1-19(2,3)28-17(26)13(18(27)29-20(4,5)6)9-7-8-10-25-12-24-14-15(21)22-11-23-16(14)25/h7-8,11-13H,9-10H2,1-6H3/b8-7+. The average molecular weight is 423 g/mol. The van der Waals surface area contributed by atoms with E-state index in [-0.39, 0.29) is 11.6 Å². The fourth-order valence-corrected chi connectivity index (χ4v) is 2.62. The quantitative estimate of drug-likeness (QED) is 0.303. The number of carbonyl (C=O) groups excluding carboxylic acids is 2. The molecule has 0 amide bonds. The van der Waals surface area contributed by atoms with Gasteiger partial charge in [0.15, 0.2) is 16.7 Å². The molecule has 0 atom stereocenters. The highest BCUT2D eigenvalue weighted by molar-refractivity contribution is 6.33. The molecular formula is C20H27ClN4O4. The summed E-state index contributed by atoms with van der Waals surface area (Å²) in [4.78, 5) is 37.3. The molecule has 0 unspecified atom stereocenters. The van der Waals surface area contributed by atoms with Crippen LogP contribution in [0.1, 0.15) is 48.0 Å². The first-order chi connectivity index (χ1) is 13.4. The lowest BCUT2D eigenvalue weighted by Crippen LogP contribution is -2.36. The Hall–Kier alpha value is -2.48. The minimum Gasteiger partial charge on any atom is -0.459 e. The van der Waals surface area contributed by atoms with E-state index >= 15 is 0 Å². The van der Waals surface area contributed by atoms with E-state index in [9.17, 15) is 9.59 Å². The number of fused-ring (bicyclic) bond motifs is 1. The Labute approximate surface area is 175 Å². The maximum absolute atomic E-state index is 12.5. The zero-order valence-corrected chi connectivity index (χ0v) is 18.4. The van der Waals surface area contributed by atoms with E-state index in [1.807, 2.05) is 6.08 Å². The monoisotopic (exact) mass is 422 g/mol. The molecule has 2 aromatic rings. The van der Waals surface area contributed by atoms with Gasteiger partial charge in [0.25, 0.3) is 0 Å². The van der Waals surface area contributed by atoms with Gasteiger partial charge < -0.3 is 14.0 Å². The number of hydrogen-bond donors (Lipinski definition) is 0. The van der Waals surface area contributed by atoms with Crippen molar-refractivity contribution in [1.82, 2.24) is 19.5 Å². The SMILES string of the molecule is CC(C)(C)OC(=O)C(C/C=C/Cn1cnc2c(Cl)ncnc21)C(=O)OC(C)(C)C. The molecule has 2 aromatic heterocycles. The molecular weight excluding hydrogens is 396 g/mol. The normalized spacial score (nSPS) is 12.7. The van der Waals surface area contributed by atoms with Gasteiger partial charge in [-0.2, -0.15) is 0 Å². The predicted octanol–water partition coefficient (Wildman–Crippen LogP) is 3.73. The number of aromatic nitrogens is 4. The van der Waals surface area contributed by atoms with Crippen molar-refractivity contribution in [2.75, 3.05) is 0 Å². The number of allylic oxidation sites excluding steroid dienone is 2. The van der Waals surface area contributed by atoms with Crippen LogP contribution in [0.2, 0.25) is 5.15 Å². The summed E-state index contributed by atoms with van der Waals surface area (Å²) >= 11 is 6.00. The summed E-state index contributed by atoms with van der Waals surface area (Å²) < 4.78 is 12.6. The first-order valence-electron chi connectivity index (χ1n) is 9.29. The number of rotatable bonds is 6. The Bertz CT molecular complexity index is 881. The lowest BCUT2D eigenvalue weighted by atomic mass is 10.0. The van der Waals surface area contributed by atoms with Crippen LogP contribution in [-0.4, -0.2) is 42.7 Å². The molecule has 2 heterocycles. The summed E-state index contributed by atoms with van der Waals surface area (Å²) in [6.07, 6.45) is 6.70. The number of halogens is 1. The molecule has 0 bridgehead atoms. The molecule has 0 saturated heterocycles. The molecule has 0 spiro atoms. The molecule has 158 valence electrons.